The number of rotatable bonds is 5. The Hall–Kier alpha value is -2.78. The Balaban J connectivity index is 0.000000941. The van der Waals surface area contributed by atoms with Gasteiger partial charge in [-0.25, -0.2) is 9.97 Å². The molecule has 154 valence electrons. The Kier molecular flexibility index (Phi) is 7.86. The topological polar surface area (TPSA) is 64.1 Å². The second-order valence-electron chi connectivity index (χ2n) is 5.85. The zero-order chi connectivity index (χ0) is 21.4. The third kappa shape index (κ3) is 6.65. The molecule has 0 aliphatic rings. The van der Waals surface area contributed by atoms with Crippen LogP contribution >= 0.6 is 11.3 Å². The number of carbonyl (C=O) groups is 1. The monoisotopic (exact) mass is 423 g/mol. The molecule has 0 unspecified atom stereocenters. The van der Waals surface area contributed by atoms with Gasteiger partial charge in [-0.15, -0.1) is 11.3 Å². The number of aldehydes is 1. The number of fused-ring (bicyclic) bond motifs is 1. The van der Waals surface area contributed by atoms with Crippen LogP contribution < -0.4 is 10.1 Å². The molecular weight excluding hydrogens is 403 g/mol. The normalized spacial score (nSPS) is 12.5. The summed E-state index contributed by atoms with van der Waals surface area (Å²) in [5.41, 5.74) is 1.22. The van der Waals surface area contributed by atoms with Crippen LogP contribution in [0.15, 0.2) is 42.6 Å². The Bertz CT molecular complexity index is 969. The fraction of sp³-hybridized carbons (Fsp3) is 0.250. The largest absolute Gasteiger partial charge is 0.443 e. The van der Waals surface area contributed by atoms with Gasteiger partial charge in [0, 0.05) is 24.4 Å². The van der Waals surface area contributed by atoms with E-state index in [4.69, 9.17) is 9.53 Å². The molecule has 9 heteroatoms. The van der Waals surface area contributed by atoms with Gasteiger partial charge in [0.05, 0.1) is 10.2 Å². The number of aromatic nitrogens is 2. The second kappa shape index (κ2) is 10.1. The van der Waals surface area contributed by atoms with Crippen molar-refractivity contribution in [1.82, 2.24) is 15.3 Å². The maximum Gasteiger partial charge on any atom is 0.443 e. The second-order valence-corrected chi connectivity index (χ2v) is 6.88. The molecule has 3 rings (SSSR count). The molecule has 3 aromatic rings. The Labute approximate surface area is 170 Å². The standard InChI is InChI=1S/C18H16F3N3OS.C2H4O/c1-11(22-2)3-4-12-5-8-16(23-10-12)25-13-6-7-14-15(9-13)26-17(24-14)18(19,20)21;1-2-3/h3-11,22H,1-2H3;2H,1H3/b4-3+;/t11-;/m0./s1. The van der Waals surface area contributed by atoms with Crippen molar-refractivity contribution in [3.8, 4) is 11.6 Å². The molecule has 0 saturated carbocycles. The van der Waals surface area contributed by atoms with Crippen LogP contribution in [0, 0.1) is 0 Å². The number of hydrogen-bond donors (Lipinski definition) is 1. The Morgan fingerprint density at radius 3 is 2.55 bits per heavy atom. The van der Waals surface area contributed by atoms with Gasteiger partial charge in [0.1, 0.15) is 12.0 Å². The van der Waals surface area contributed by atoms with Gasteiger partial charge < -0.3 is 14.8 Å². The quantitative estimate of drug-likeness (QED) is 0.562. The van der Waals surface area contributed by atoms with Crippen molar-refractivity contribution in [3.63, 3.8) is 0 Å². The molecule has 1 aromatic carbocycles. The average Bonchev–Trinajstić information content (AvgIpc) is 3.12. The first-order chi connectivity index (χ1) is 13.8. The van der Waals surface area contributed by atoms with E-state index in [2.05, 4.69) is 15.3 Å². The number of likely N-dealkylation sites (N-methyl/N-ethyl adjacent to an activating group) is 1. The van der Waals surface area contributed by atoms with E-state index in [0.717, 1.165) is 11.8 Å². The van der Waals surface area contributed by atoms with E-state index >= 15 is 0 Å². The number of hydrogen-bond acceptors (Lipinski definition) is 6. The van der Waals surface area contributed by atoms with Crippen molar-refractivity contribution >= 4 is 33.9 Å². The summed E-state index contributed by atoms with van der Waals surface area (Å²) in [5.74, 6) is 0.776. The number of thiazole rings is 1. The van der Waals surface area contributed by atoms with Crippen LogP contribution in [0.5, 0.6) is 11.6 Å². The fourth-order valence-electron chi connectivity index (χ4n) is 2.11. The molecule has 0 radical (unpaired) electrons. The van der Waals surface area contributed by atoms with Gasteiger partial charge >= 0.3 is 6.18 Å². The highest BCUT2D eigenvalue weighted by Crippen LogP contribution is 2.37. The minimum atomic E-state index is -4.44. The van der Waals surface area contributed by atoms with E-state index in [1.165, 1.54) is 19.1 Å². The maximum absolute atomic E-state index is 12.7. The minimum absolute atomic E-state index is 0.249. The summed E-state index contributed by atoms with van der Waals surface area (Å²) in [6, 6.07) is 8.43. The zero-order valence-electron chi connectivity index (χ0n) is 16.0. The van der Waals surface area contributed by atoms with Crippen molar-refractivity contribution in [2.24, 2.45) is 0 Å². The first kappa shape index (κ1) is 22.5. The Morgan fingerprint density at radius 2 is 1.97 bits per heavy atom. The molecule has 0 aliphatic heterocycles. The highest BCUT2D eigenvalue weighted by atomic mass is 32.1. The number of carbonyl (C=O) groups excluding carboxylic acids is 1. The molecule has 5 nitrogen and oxygen atoms in total. The lowest BCUT2D eigenvalue weighted by Gasteiger charge is -2.05. The molecule has 0 saturated heterocycles. The third-order valence-corrected chi connectivity index (χ3v) is 4.68. The van der Waals surface area contributed by atoms with Crippen molar-refractivity contribution < 1.29 is 22.7 Å². The Morgan fingerprint density at radius 1 is 1.24 bits per heavy atom. The molecule has 1 N–H and O–H groups in total. The summed E-state index contributed by atoms with van der Waals surface area (Å²) >= 11 is 0.591. The predicted molar refractivity (Wildman–Crippen MR) is 108 cm³/mol. The van der Waals surface area contributed by atoms with Gasteiger partial charge in [-0.1, -0.05) is 12.2 Å². The van der Waals surface area contributed by atoms with E-state index in [1.54, 1.807) is 18.3 Å². The number of alkyl halides is 3. The van der Waals surface area contributed by atoms with E-state index in [1.807, 2.05) is 32.2 Å². The highest BCUT2D eigenvalue weighted by molar-refractivity contribution is 7.18. The van der Waals surface area contributed by atoms with E-state index < -0.39 is 11.2 Å². The van der Waals surface area contributed by atoms with Gasteiger partial charge in [-0.2, -0.15) is 13.2 Å². The van der Waals surface area contributed by atoms with Crippen LogP contribution in [0.3, 0.4) is 0 Å². The molecule has 0 amide bonds. The lowest BCUT2D eigenvalue weighted by Crippen LogP contribution is -2.17. The van der Waals surface area contributed by atoms with Crippen LogP contribution in [0.1, 0.15) is 24.4 Å². The summed E-state index contributed by atoms with van der Waals surface area (Å²) in [4.78, 5) is 16.6. The van der Waals surface area contributed by atoms with Crippen molar-refractivity contribution in [2.45, 2.75) is 26.1 Å². The molecule has 0 spiro atoms. The molecule has 2 aromatic heterocycles. The number of ether oxygens (including phenoxy) is 1. The van der Waals surface area contributed by atoms with Gasteiger partial charge in [-0.05, 0) is 44.7 Å². The third-order valence-electron chi connectivity index (χ3n) is 3.62. The lowest BCUT2D eigenvalue weighted by molar-refractivity contribution is -0.137. The van der Waals surface area contributed by atoms with Gasteiger partial charge in [0.15, 0.2) is 5.01 Å². The molecule has 0 bridgehead atoms. The molecule has 0 fully saturated rings. The highest BCUT2D eigenvalue weighted by Gasteiger charge is 2.34. The van der Waals surface area contributed by atoms with Gasteiger partial charge in [0.2, 0.25) is 5.88 Å². The number of nitrogens with one attached hydrogen (secondary N) is 1. The predicted octanol–water partition coefficient (Wildman–Crippen LogP) is 5.33. The fourth-order valence-corrected chi connectivity index (χ4v) is 2.97. The van der Waals surface area contributed by atoms with Crippen LogP contribution in [0.4, 0.5) is 13.2 Å². The van der Waals surface area contributed by atoms with Crippen LogP contribution in [0.25, 0.3) is 16.3 Å². The van der Waals surface area contributed by atoms with Crippen molar-refractivity contribution in [3.05, 3.63) is 53.2 Å². The first-order valence-electron chi connectivity index (χ1n) is 8.63. The zero-order valence-corrected chi connectivity index (χ0v) is 16.8. The SMILES string of the molecule is CC=O.CN[C@@H](C)/C=C/c1ccc(Oc2ccc3nc(C(F)(F)F)sc3c2)nc1. The number of nitrogens with zero attached hydrogens (tertiary/aromatic N) is 2. The maximum atomic E-state index is 12.7. The molecule has 0 aliphatic carbocycles. The van der Waals surface area contributed by atoms with Crippen LogP contribution in [0.2, 0.25) is 0 Å². The molecule has 2 heterocycles. The summed E-state index contributed by atoms with van der Waals surface area (Å²) in [6.07, 6.45) is 1.93. The van der Waals surface area contributed by atoms with Crippen LogP contribution in [-0.2, 0) is 11.0 Å². The summed E-state index contributed by atoms with van der Waals surface area (Å²) in [6.45, 7) is 3.47. The molecule has 1 atom stereocenters. The van der Waals surface area contributed by atoms with E-state index in [-0.39, 0.29) is 6.04 Å². The number of halogens is 3. The summed E-state index contributed by atoms with van der Waals surface area (Å²) in [5, 5.41) is 2.23. The minimum Gasteiger partial charge on any atom is -0.439 e. The lowest BCUT2D eigenvalue weighted by atomic mass is 10.2. The van der Waals surface area contributed by atoms with Crippen LogP contribution in [-0.4, -0.2) is 29.3 Å². The number of benzene rings is 1. The van der Waals surface area contributed by atoms with Gasteiger partial charge in [-0.3, -0.25) is 0 Å². The first-order valence-corrected chi connectivity index (χ1v) is 9.45. The van der Waals surface area contributed by atoms with Gasteiger partial charge in [0.25, 0.3) is 0 Å². The smallest absolute Gasteiger partial charge is 0.439 e. The van der Waals surface area contributed by atoms with E-state index in [0.29, 0.717) is 33.2 Å². The summed E-state index contributed by atoms with van der Waals surface area (Å²) in [7, 11) is 1.88. The number of pyridine rings is 1. The molecule has 29 heavy (non-hydrogen) atoms. The summed E-state index contributed by atoms with van der Waals surface area (Å²) < 4.78 is 44.3. The van der Waals surface area contributed by atoms with E-state index in [9.17, 15) is 13.2 Å². The average molecular weight is 423 g/mol. The van der Waals surface area contributed by atoms with Crippen molar-refractivity contribution in [2.75, 3.05) is 7.05 Å². The van der Waals surface area contributed by atoms with Crippen molar-refractivity contribution in [1.29, 1.82) is 0 Å². The molecular formula is C20H20F3N3O2S.